The predicted molar refractivity (Wildman–Crippen MR) is 123 cm³/mol. The van der Waals surface area contributed by atoms with Gasteiger partial charge in [0.15, 0.2) is 0 Å². The van der Waals surface area contributed by atoms with Crippen molar-refractivity contribution < 1.29 is 17.9 Å². The summed E-state index contributed by atoms with van der Waals surface area (Å²) in [5, 5.41) is 2.87. The lowest BCUT2D eigenvalue weighted by atomic mass is 10.1. The maximum atomic E-state index is 12.5. The Balaban J connectivity index is 1.57. The number of hydrogen-bond acceptors (Lipinski definition) is 4. The third-order valence-corrected chi connectivity index (χ3v) is 6.14. The van der Waals surface area contributed by atoms with Crippen molar-refractivity contribution in [2.45, 2.75) is 24.7 Å². The second-order valence-corrected chi connectivity index (χ2v) is 8.75. The summed E-state index contributed by atoms with van der Waals surface area (Å²) in [6.07, 6.45) is 5.09. The highest BCUT2D eigenvalue weighted by molar-refractivity contribution is 7.89. The maximum Gasteiger partial charge on any atom is 0.251 e. The molecule has 3 aromatic carbocycles. The number of benzene rings is 3. The van der Waals surface area contributed by atoms with Crippen LogP contribution in [0.4, 0.5) is 0 Å². The number of amides is 1. The summed E-state index contributed by atoms with van der Waals surface area (Å²) in [6.45, 7) is 1.16. The van der Waals surface area contributed by atoms with Gasteiger partial charge in [-0.1, -0.05) is 60.5 Å². The largest absolute Gasteiger partial charge is 0.372 e. The van der Waals surface area contributed by atoms with Gasteiger partial charge >= 0.3 is 0 Å². The molecule has 0 heterocycles. The molecule has 0 aliphatic heterocycles. The normalized spacial score (nSPS) is 11.0. The Hall–Kier alpha value is -3.44. The summed E-state index contributed by atoms with van der Waals surface area (Å²) in [4.78, 5) is 12.6. The van der Waals surface area contributed by atoms with Gasteiger partial charge in [0.05, 0.1) is 24.7 Å². The Labute approximate surface area is 188 Å². The minimum atomic E-state index is -3.69. The molecule has 0 saturated heterocycles. The van der Waals surface area contributed by atoms with Crippen molar-refractivity contribution in [2.24, 2.45) is 0 Å². The summed E-state index contributed by atoms with van der Waals surface area (Å²) in [7, 11) is -3.69. The first-order valence-electron chi connectivity index (χ1n) is 9.99. The summed E-state index contributed by atoms with van der Waals surface area (Å²) in [5.74, 6) is 1.92. The topological polar surface area (TPSA) is 84.5 Å². The van der Waals surface area contributed by atoms with Gasteiger partial charge in [-0.25, -0.2) is 8.42 Å². The lowest BCUT2D eigenvalue weighted by molar-refractivity contribution is 0.0947. The molecule has 0 aliphatic rings. The number of sulfonamides is 1. The molecule has 0 unspecified atom stereocenters. The molecule has 0 saturated carbocycles. The zero-order valence-electron chi connectivity index (χ0n) is 17.5. The Kier molecular flexibility index (Phi) is 8.17. The van der Waals surface area contributed by atoms with Crippen LogP contribution in [0, 0.1) is 12.3 Å². The predicted octanol–water partition coefficient (Wildman–Crippen LogP) is 3.24. The highest BCUT2D eigenvalue weighted by Crippen LogP contribution is 2.13. The van der Waals surface area contributed by atoms with Gasteiger partial charge in [0.2, 0.25) is 10.0 Å². The van der Waals surface area contributed by atoms with E-state index in [0.29, 0.717) is 25.3 Å². The molecule has 0 radical (unpaired) electrons. The molecule has 0 aromatic heterocycles. The van der Waals surface area contributed by atoms with Crippen LogP contribution in [-0.2, 0) is 34.5 Å². The molecule has 3 rings (SSSR count). The molecule has 0 aliphatic carbocycles. The SMILES string of the molecule is C#CCNS(=O)(=O)c1ccc(C(=O)NCc2ccccc2COCc2ccccc2)cc1. The van der Waals surface area contributed by atoms with E-state index >= 15 is 0 Å². The van der Waals surface area contributed by atoms with Crippen LogP contribution in [0.15, 0.2) is 83.8 Å². The number of carbonyl (C=O) groups excluding carboxylic acids is 1. The van der Waals surface area contributed by atoms with E-state index in [1.165, 1.54) is 24.3 Å². The van der Waals surface area contributed by atoms with E-state index in [0.717, 1.165) is 16.7 Å². The van der Waals surface area contributed by atoms with Gasteiger partial charge < -0.3 is 10.1 Å². The lowest BCUT2D eigenvalue weighted by Crippen LogP contribution is -2.25. The smallest absolute Gasteiger partial charge is 0.251 e. The summed E-state index contributed by atoms with van der Waals surface area (Å²) in [6, 6.07) is 23.3. The highest BCUT2D eigenvalue weighted by atomic mass is 32.2. The van der Waals surface area contributed by atoms with Crippen LogP contribution in [-0.4, -0.2) is 20.9 Å². The minimum Gasteiger partial charge on any atom is -0.372 e. The number of carbonyl (C=O) groups is 1. The van der Waals surface area contributed by atoms with Crippen LogP contribution in [0.5, 0.6) is 0 Å². The van der Waals surface area contributed by atoms with Crippen molar-refractivity contribution in [3.05, 3.63) is 101 Å². The Bertz CT molecular complexity index is 1180. The number of ether oxygens (including phenoxy) is 1. The Morgan fingerprint density at radius 2 is 1.53 bits per heavy atom. The average molecular weight is 449 g/mol. The van der Waals surface area contributed by atoms with Crippen LogP contribution in [0.2, 0.25) is 0 Å². The van der Waals surface area contributed by atoms with Gasteiger partial charge in [0.25, 0.3) is 5.91 Å². The molecule has 2 N–H and O–H groups in total. The fourth-order valence-electron chi connectivity index (χ4n) is 3.01. The highest BCUT2D eigenvalue weighted by Gasteiger charge is 2.14. The molecule has 32 heavy (non-hydrogen) atoms. The van der Waals surface area contributed by atoms with Gasteiger partial charge in [-0.3, -0.25) is 4.79 Å². The molecule has 3 aromatic rings. The second-order valence-electron chi connectivity index (χ2n) is 6.98. The third-order valence-electron chi connectivity index (χ3n) is 4.72. The second kappa shape index (κ2) is 11.3. The van der Waals surface area contributed by atoms with E-state index in [1.807, 2.05) is 54.6 Å². The van der Waals surface area contributed by atoms with E-state index in [1.54, 1.807) is 0 Å². The third kappa shape index (κ3) is 6.53. The van der Waals surface area contributed by atoms with Crippen LogP contribution in [0.3, 0.4) is 0 Å². The first kappa shape index (κ1) is 23.2. The quantitative estimate of drug-likeness (QED) is 0.467. The fraction of sp³-hybridized carbons (Fsp3) is 0.160. The fourth-order valence-corrected chi connectivity index (χ4v) is 3.94. The van der Waals surface area contributed by atoms with E-state index in [9.17, 15) is 13.2 Å². The van der Waals surface area contributed by atoms with E-state index in [2.05, 4.69) is 16.0 Å². The summed E-state index contributed by atoms with van der Waals surface area (Å²) < 4.78 is 32.3. The summed E-state index contributed by atoms with van der Waals surface area (Å²) >= 11 is 0. The van der Waals surface area contributed by atoms with Gasteiger partial charge in [0, 0.05) is 12.1 Å². The van der Waals surface area contributed by atoms with Crippen molar-refractivity contribution in [1.29, 1.82) is 0 Å². The molecule has 7 heteroatoms. The molecular weight excluding hydrogens is 424 g/mol. The molecule has 0 spiro atoms. The number of nitrogens with one attached hydrogen (secondary N) is 2. The number of terminal acetylenes is 1. The Morgan fingerprint density at radius 1 is 0.875 bits per heavy atom. The van der Waals surface area contributed by atoms with Gasteiger partial charge in [-0.05, 0) is 41.0 Å². The summed E-state index contributed by atoms with van der Waals surface area (Å²) in [5.41, 5.74) is 3.40. The van der Waals surface area contributed by atoms with E-state index < -0.39 is 10.0 Å². The zero-order valence-corrected chi connectivity index (χ0v) is 18.3. The number of rotatable bonds is 10. The standard InChI is InChI=1S/C25H24N2O4S/c1-2-16-27-32(29,30)24-14-12-21(13-15-24)25(28)26-17-22-10-6-7-11-23(22)19-31-18-20-8-4-3-5-9-20/h1,3-15,27H,16-19H2,(H,26,28). The van der Waals surface area contributed by atoms with Crippen molar-refractivity contribution in [3.8, 4) is 12.3 Å². The van der Waals surface area contributed by atoms with E-state index in [-0.39, 0.29) is 17.3 Å². The van der Waals surface area contributed by atoms with Crippen LogP contribution in [0.25, 0.3) is 0 Å². The molecule has 0 bridgehead atoms. The van der Waals surface area contributed by atoms with Crippen molar-refractivity contribution >= 4 is 15.9 Å². The van der Waals surface area contributed by atoms with Gasteiger partial charge in [-0.2, -0.15) is 4.72 Å². The molecule has 0 atom stereocenters. The molecule has 164 valence electrons. The van der Waals surface area contributed by atoms with Crippen molar-refractivity contribution in [2.75, 3.05) is 6.54 Å². The zero-order chi connectivity index (χ0) is 22.8. The lowest BCUT2D eigenvalue weighted by Gasteiger charge is -2.12. The van der Waals surface area contributed by atoms with Gasteiger partial charge in [-0.15, -0.1) is 6.42 Å². The average Bonchev–Trinajstić information content (AvgIpc) is 2.83. The van der Waals surface area contributed by atoms with Crippen molar-refractivity contribution in [3.63, 3.8) is 0 Å². The molecule has 6 nitrogen and oxygen atoms in total. The first-order valence-corrected chi connectivity index (χ1v) is 11.5. The van der Waals surface area contributed by atoms with Crippen molar-refractivity contribution in [1.82, 2.24) is 10.0 Å². The van der Waals surface area contributed by atoms with Gasteiger partial charge in [0.1, 0.15) is 0 Å². The molecule has 0 fully saturated rings. The Morgan fingerprint density at radius 3 is 2.22 bits per heavy atom. The first-order chi connectivity index (χ1) is 15.5. The minimum absolute atomic E-state index is 0.0465. The monoisotopic (exact) mass is 448 g/mol. The molecular formula is C25H24N2O4S. The van der Waals surface area contributed by atoms with E-state index in [4.69, 9.17) is 11.2 Å². The van der Waals surface area contributed by atoms with Crippen LogP contribution >= 0.6 is 0 Å². The maximum absolute atomic E-state index is 12.5. The molecule has 1 amide bonds. The number of hydrogen-bond donors (Lipinski definition) is 2. The van der Waals surface area contributed by atoms with Crippen LogP contribution < -0.4 is 10.0 Å². The van der Waals surface area contributed by atoms with Crippen LogP contribution in [0.1, 0.15) is 27.0 Å².